The predicted octanol–water partition coefficient (Wildman–Crippen LogP) is -1.59. The molecule has 0 saturated carbocycles. The number of rotatable bonds is 6. The number of aliphatic imine (C=N–C) groups is 1. The largest absolute Gasteiger partial charge is 0.391 e. The van der Waals surface area contributed by atoms with E-state index in [1.54, 1.807) is 0 Å². The summed E-state index contributed by atoms with van der Waals surface area (Å²) in [5.74, 6) is 0.282. The number of nitrogens with zero attached hydrogens (tertiary/aromatic N) is 3. The van der Waals surface area contributed by atoms with Crippen LogP contribution in [0.4, 0.5) is 10.2 Å². The zero-order valence-corrected chi connectivity index (χ0v) is 12.6. The Balaban J connectivity index is 2.41. The van der Waals surface area contributed by atoms with Gasteiger partial charge in [-0.3, -0.25) is 9.56 Å². The number of alkyl halides is 1. The Kier molecular flexibility index (Phi) is 4.80. The molecule has 9 nitrogen and oxygen atoms in total. The second-order valence-electron chi connectivity index (χ2n) is 5.35. The summed E-state index contributed by atoms with van der Waals surface area (Å²) in [7, 11) is 0. The Bertz CT molecular complexity index is 641. The van der Waals surface area contributed by atoms with E-state index in [-0.39, 0.29) is 5.82 Å². The number of ether oxygens (including phenoxy) is 1. The third kappa shape index (κ3) is 2.74. The quantitative estimate of drug-likeness (QED) is 0.462. The molecule has 0 spiro atoms. The van der Waals surface area contributed by atoms with Gasteiger partial charge in [-0.2, -0.15) is 4.98 Å². The molecule has 1 aliphatic heterocycles. The van der Waals surface area contributed by atoms with Gasteiger partial charge in [0, 0.05) is 19.3 Å². The lowest BCUT2D eigenvalue weighted by Gasteiger charge is -2.30. The fourth-order valence-electron chi connectivity index (χ4n) is 2.52. The van der Waals surface area contributed by atoms with Crippen LogP contribution in [0.3, 0.4) is 0 Å². The summed E-state index contributed by atoms with van der Waals surface area (Å²) in [5.41, 5.74) is 0.729. The second kappa shape index (κ2) is 6.32. The van der Waals surface area contributed by atoms with Crippen LogP contribution < -0.4 is 16.7 Å². The normalized spacial score (nSPS) is 33.6. The highest BCUT2D eigenvalue weighted by Gasteiger charge is 2.62. The molecule has 1 aromatic rings. The van der Waals surface area contributed by atoms with E-state index in [1.807, 2.05) is 0 Å². The molecule has 0 radical (unpaired) electrons. The first-order valence-electron chi connectivity index (χ1n) is 7.00. The number of nitrogens with two attached hydrogens (primary N) is 1. The van der Waals surface area contributed by atoms with Crippen molar-refractivity contribution in [2.24, 2.45) is 10.7 Å². The molecule has 0 bridgehead atoms. The highest BCUT2D eigenvalue weighted by atomic mass is 19.1. The van der Waals surface area contributed by atoms with Crippen molar-refractivity contribution in [1.29, 1.82) is 0 Å². The molecule has 4 atom stereocenters. The smallest absolute Gasteiger partial charge is 0.351 e. The van der Waals surface area contributed by atoms with E-state index in [0.29, 0.717) is 13.1 Å². The molecule has 5 N–H and O–H groups in total. The topological polar surface area (TPSA) is 135 Å². The van der Waals surface area contributed by atoms with Gasteiger partial charge < -0.3 is 26.0 Å². The van der Waals surface area contributed by atoms with Crippen LogP contribution in [0, 0.1) is 0 Å². The summed E-state index contributed by atoms with van der Waals surface area (Å²) in [5, 5.41) is 22.2. The number of hydrogen-bond donors (Lipinski definition) is 4. The number of anilines is 1. The first-order valence-corrected chi connectivity index (χ1v) is 7.00. The molecular weight excluding hydrogens is 309 g/mol. The van der Waals surface area contributed by atoms with Gasteiger partial charge in [0.05, 0.1) is 6.61 Å². The van der Waals surface area contributed by atoms with Gasteiger partial charge in [-0.05, 0) is 19.7 Å². The summed E-state index contributed by atoms with van der Waals surface area (Å²) in [6, 6.07) is 1.45. The van der Waals surface area contributed by atoms with Crippen LogP contribution in [-0.4, -0.2) is 64.2 Å². The van der Waals surface area contributed by atoms with Gasteiger partial charge >= 0.3 is 5.69 Å². The maximum Gasteiger partial charge on any atom is 0.351 e. The van der Waals surface area contributed by atoms with Crippen LogP contribution >= 0.6 is 0 Å². The van der Waals surface area contributed by atoms with Gasteiger partial charge in [-0.25, -0.2) is 9.18 Å². The molecule has 0 aromatic carbocycles. The van der Waals surface area contributed by atoms with E-state index < -0.39 is 36.0 Å². The zero-order valence-electron chi connectivity index (χ0n) is 12.6. The van der Waals surface area contributed by atoms with Gasteiger partial charge in [0.15, 0.2) is 11.9 Å². The number of nitrogens with one attached hydrogen (secondary N) is 1. The van der Waals surface area contributed by atoms with E-state index in [4.69, 9.17) is 10.5 Å². The van der Waals surface area contributed by atoms with Crippen molar-refractivity contribution < 1.29 is 19.3 Å². The summed E-state index contributed by atoms with van der Waals surface area (Å²) in [6.07, 6.45) is -2.52. The molecule has 0 amide bonds. The third-order valence-electron chi connectivity index (χ3n) is 3.86. The minimum Gasteiger partial charge on any atom is -0.391 e. The first-order chi connectivity index (χ1) is 10.8. The number of halogens is 1. The number of aliphatic hydroxyl groups excluding tert-OH is 2. The molecule has 23 heavy (non-hydrogen) atoms. The van der Waals surface area contributed by atoms with Crippen molar-refractivity contribution in [2.45, 2.75) is 30.6 Å². The average molecular weight is 329 g/mol. The van der Waals surface area contributed by atoms with E-state index in [2.05, 4.69) is 22.0 Å². The van der Waals surface area contributed by atoms with Gasteiger partial charge in [-0.1, -0.05) is 0 Å². The van der Waals surface area contributed by atoms with Gasteiger partial charge in [0.25, 0.3) is 0 Å². The Morgan fingerprint density at radius 2 is 2.39 bits per heavy atom. The van der Waals surface area contributed by atoms with Gasteiger partial charge in [0.2, 0.25) is 5.72 Å². The highest BCUT2D eigenvalue weighted by molar-refractivity contribution is 5.32. The molecule has 3 unspecified atom stereocenters. The van der Waals surface area contributed by atoms with Crippen molar-refractivity contribution >= 4 is 12.5 Å². The van der Waals surface area contributed by atoms with Crippen LogP contribution in [0.5, 0.6) is 0 Å². The number of aromatic nitrogens is 2. The van der Waals surface area contributed by atoms with Crippen LogP contribution in [0.2, 0.25) is 0 Å². The zero-order chi connectivity index (χ0) is 17.3. The van der Waals surface area contributed by atoms with E-state index in [9.17, 15) is 19.4 Å². The Morgan fingerprint density at radius 1 is 1.70 bits per heavy atom. The highest BCUT2D eigenvalue weighted by Crippen LogP contribution is 2.43. The third-order valence-corrected chi connectivity index (χ3v) is 3.86. The van der Waals surface area contributed by atoms with Gasteiger partial charge in [0.1, 0.15) is 11.9 Å². The molecule has 1 saturated heterocycles. The van der Waals surface area contributed by atoms with Crippen molar-refractivity contribution in [2.75, 3.05) is 25.0 Å². The lowest BCUT2D eigenvalue weighted by Crippen LogP contribution is -2.46. The van der Waals surface area contributed by atoms with E-state index in [0.717, 1.165) is 4.57 Å². The minimum atomic E-state index is -2.03. The molecule has 0 aliphatic carbocycles. The van der Waals surface area contributed by atoms with Crippen LogP contribution in [0.25, 0.3) is 0 Å². The Labute approximate surface area is 131 Å². The predicted molar refractivity (Wildman–Crippen MR) is 81.0 cm³/mol. The summed E-state index contributed by atoms with van der Waals surface area (Å²) in [4.78, 5) is 19.4. The maximum atomic E-state index is 14.6. The Morgan fingerprint density at radius 3 is 2.87 bits per heavy atom. The second-order valence-corrected chi connectivity index (χ2v) is 5.35. The van der Waals surface area contributed by atoms with E-state index >= 15 is 0 Å². The molecule has 2 heterocycles. The SMILES string of the molecule is C=N[C@]1(CO)OC(C)(n2ccc(NCCN)nc2=O)C(F)C1O. The summed E-state index contributed by atoms with van der Waals surface area (Å²) >= 11 is 0. The minimum absolute atomic E-state index is 0.282. The van der Waals surface area contributed by atoms with E-state index in [1.165, 1.54) is 19.2 Å². The standard InChI is InChI=1S/C13H20FN5O4/c1-12(9(14)10(21)13(7-20,16-2)23-12)19-6-3-8(17-5-4-15)18-11(19)22/h3,6,9-10,20-21H,2,4-5,7,15H2,1H3,(H,17,18,22)/t9?,10?,12?,13-/m1/s1. The Hall–Kier alpha value is -1.88. The van der Waals surface area contributed by atoms with Crippen LogP contribution in [0.1, 0.15) is 6.92 Å². The number of aliphatic hydroxyl groups is 2. The molecule has 1 aliphatic rings. The molecule has 10 heteroatoms. The summed E-state index contributed by atoms with van der Waals surface area (Å²) in [6.45, 7) is 4.47. The molecule has 128 valence electrons. The lowest BCUT2D eigenvalue weighted by molar-refractivity contribution is -0.172. The summed E-state index contributed by atoms with van der Waals surface area (Å²) < 4.78 is 20.9. The van der Waals surface area contributed by atoms with Crippen molar-refractivity contribution in [1.82, 2.24) is 9.55 Å². The monoisotopic (exact) mass is 329 g/mol. The van der Waals surface area contributed by atoms with Crippen molar-refractivity contribution in [3.63, 3.8) is 0 Å². The molecular formula is C13H20FN5O4. The fourth-order valence-corrected chi connectivity index (χ4v) is 2.52. The molecule has 1 fully saturated rings. The fraction of sp³-hybridized carbons (Fsp3) is 0.615. The molecule has 1 aromatic heterocycles. The lowest BCUT2D eigenvalue weighted by atomic mass is 10.0. The van der Waals surface area contributed by atoms with Gasteiger partial charge in [-0.15, -0.1) is 0 Å². The number of hydrogen-bond acceptors (Lipinski definition) is 8. The molecule has 2 rings (SSSR count). The van der Waals surface area contributed by atoms with Crippen molar-refractivity contribution in [3.05, 3.63) is 22.7 Å². The van der Waals surface area contributed by atoms with Crippen LogP contribution in [0.15, 0.2) is 22.1 Å². The maximum absolute atomic E-state index is 14.6. The first kappa shape index (κ1) is 17.5. The average Bonchev–Trinajstić information content (AvgIpc) is 2.75. The van der Waals surface area contributed by atoms with Crippen molar-refractivity contribution in [3.8, 4) is 0 Å². The van der Waals surface area contributed by atoms with Crippen LogP contribution in [-0.2, 0) is 10.5 Å².